The number of thioether (sulfide) groups is 1. The molecular formula is C22H22ClFN4O2S. The zero-order valence-corrected chi connectivity index (χ0v) is 18.4. The van der Waals surface area contributed by atoms with Gasteiger partial charge in [0, 0.05) is 24.7 Å². The number of carbonyl (C=O) groups excluding carboxylic acids is 1. The van der Waals surface area contributed by atoms with E-state index in [0.717, 1.165) is 24.1 Å². The molecule has 2 aromatic carbocycles. The fourth-order valence-electron chi connectivity index (χ4n) is 3.49. The van der Waals surface area contributed by atoms with Crippen molar-refractivity contribution in [3.05, 3.63) is 71.3 Å². The Balaban J connectivity index is 1.45. The summed E-state index contributed by atoms with van der Waals surface area (Å²) in [6.45, 7) is 1.53. The Morgan fingerprint density at radius 3 is 2.94 bits per heavy atom. The monoisotopic (exact) mass is 460 g/mol. The number of nitrogens with zero attached hydrogens (tertiary/aromatic N) is 4. The van der Waals surface area contributed by atoms with Crippen LogP contribution in [0.15, 0.2) is 60.0 Å². The number of benzene rings is 2. The molecule has 0 aliphatic carbocycles. The summed E-state index contributed by atoms with van der Waals surface area (Å²) in [5, 5.41) is 9.32. The first-order valence-electron chi connectivity index (χ1n) is 10.0. The third-order valence-corrected chi connectivity index (χ3v) is 6.15. The molecule has 3 aromatic rings. The average Bonchev–Trinajstić information content (AvgIpc) is 3.43. The zero-order chi connectivity index (χ0) is 21.6. The minimum atomic E-state index is -0.314. The van der Waals surface area contributed by atoms with E-state index in [2.05, 4.69) is 10.2 Å². The van der Waals surface area contributed by atoms with Gasteiger partial charge in [-0.15, -0.1) is 10.2 Å². The normalized spacial score (nSPS) is 15.9. The maximum Gasteiger partial charge on any atom is 0.233 e. The number of hydrogen-bond acceptors (Lipinski definition) is 5. The number of ether oxygens (including phenoxy) is 1. The quantitative estimate of drug-likeness (QED) is 0.467. The highest BCUT2D eigenvalue weighted by Gasteiger charge is 2.23. The molecule has 4 rings (SSSR count). The van der Waals surface area contributed by atoms with Crippen molar-refractivity contribution < 1.29 is 13.9 Å². The van der Waals surface area contributed by atoms with Crippen molar-refractivity contribution in [2.45, 2.75) is 30.6 Å². The molecule has 1 aliphatic heterocycles. The van der Waals surface area contributed by atoms with Crippen molar-refractivity contribution in [1.82, 2.24) is 19.7 Å². The van der Waals surface area contributed by atoms with Gasteiger partial charge >= 0.3 is 0 Å². The smallest absolute Gasteiger partial charge is 0.233 e. The van der Waals surface area contributed by atoms with Crippen molar-refractivity contribution >= 4 is 29.3 Å². The molecule has 0 radical (unpaired) electrons. The van der Waals surface area contributed by atoms with E-state index in [9.17, 15) is 9.18 Å². The van der Waals surface area contributed by atoms with Crippen molar-refractivity contribution in [1.29, 1.82) is 0 Å². The molecule has 6 nitrogen and oxygen atoms in total. The van der Waals surface area contributed by atoms with Crippen LogP contribution in [0.5, 0.6) is 0 Å². The first-order valence-corrected chi connectivity index (χ1v) is 11.4. The molecule has 1 saturated heterocycles. The van der Waals surface area contributed by atoms with Gasteiger partial charge in [0.25, 0.3) is 0 Å². The summed E-state index contributed by atoms with van der Waals surface area (Å²) < 4.78 is 21.1. The van der Waals surface area contributed by atoms with Gasteiger partial charge in [-0.3, -0.25) is 9.36 Å². The summed E-state index contributed by atoms with van der Waals surface area (Å²) in [7, 11) is 0. The highest BCUT2D eigenvalue weighted by atomic mass is 35.5. The lowest BCUT2D eigenvalue weighted by atomic mass is 10.2. The molecule has 31 heavy (non-hydrogen) atoms. The van der Waals surface area contributed by atoms with Crippen LogP contribution in [0.3, 0.4) is 0 Å². The van der Waals surface area contributed by atoms with Crippen LogP contribution in [0.2, 0.25) is 5.02 Å². The summed E-state index contributed by atoms with van der Waals surface area (Å²) in [5.41, 5.74) is 1.57. The number of amides is 1. The lowest BCUT2D eigenvalue weighted by Gasteiger charge is -2.25. The number of carbonyl (C=O) groups is 1. The SMILES string of the molecule is O=C(CSc1nncn1-c1cccc(Cl)c1)N(Cc1cccc(F)c1)CC1CCCO1. The van der Waals surface area contributed by atoms with Gasteiger partial charge in [0.1, 0.15) is 12.1 Å². The van der Waals surface area contributed by atoms with Crippen LogP contribution in [0.25, 0.3) is 5.69 Å². The predicted octanol–water partition coefficient (Wildman–Crippen LogP) is 4.36. The molecule has 1 fully saturated rings. The summed E-state index contributed by atoms with van der Waals surface area (Å²) in [4.78, 5) is 14.8. The van der Waals surface area contributed by atoms with Crippen molar-refractivity contribution in [3.63, 3.8) is 0 Å². The highest BCUT2D eigenvalue weighted by molar-refractivity contribution is 7.99. The highest BCUT2D eigenvalue weighted by Crippen LogP contribution is 2.23. The largest absolute Gasteiger partial charge is 0.376 e. The van der Waals surface area contributed by atoms with Gasteiger partial charge in [-0.05, 0) is 48.7 Å². The van der Waals surface area contributed by atoms with Gasteiger partial charge < -0.3 is 9.64 Å². The Morgan fingerprint density at radius 1 is 1.29 bits per heavy atom. The molecule has 0 bridgehead atoms. The minimum absolute atomic E-state index is 0.0117. The second-order valence-corrected chi connectivity index (χ2v) is 8.67. The van der Waals surface area contributed by atoms with Gasteiger partial charge in [-0.25, -0.2) is 4.39 Å². The molecular weight excluding hydrogens is 439 g/mol. The lowest BCUT2D eigenvalue weighted by Crippen LogP contribution is -2.38. The molecule has 1 aromatic heterocycles. The molecule has 1 unspecified atom stereocenters. The molecule has 0 N–H and O–H groups in total. The van der Waals surface area contributed by atoms with E-state index in [1.165, 1.54) is 23.9 Å². The Bertz CT molecular complexity index is 1040. The van der Waals surface area contributed by atoms with Gasteiger partial charge in [0.2, 0.25) is 5.91 Å². The van der Waals surface area contributed by atoms with E-state index in [1.807, 2.05) is 24.3 Å². The van der Waals surface area contributed by atoms with Crippen LogP contribution in [-0.4, -0.2) is 50.6 Å². The van der Waals surface area contributed by atoms with E-state index < -0.39 is 0 Å². The molecule has 2 heterocycles. The van der Waals surface area contributed by atoms with Crippen LogP contribution in [0.1, 0.15) is 18.4 Å². The molecule has 1 aliphatic rings. The summed E-state index contributed by atoms with van der Waals surface area (Å²) in [5.74, 6) is -0.196. The molecule has 0 spiro atoms. The van der Waals surface area contributed by atoms with Crippen molar-refractivity contribution in [2.75, 3.05) is 18.9 Å². The van der Waals surface area contributed by atoms with Crippen LogP contribution < -0.4 is 0 Å². The molecule has 0 saturated carbocycles. The van der Waals surface area contributed by atoms with E-state index in [4.69, 9.17) is 16.3 Å². The molecule has 1 atom stereocenters. The van der Waals surface area contributed by atoms with Gasteiger partial charge in [0.15, 0.2) is 5.16 Å². The second kappa shape index (κ2) is 10.3. The first-order chi connectivity index (χ1) is 15.1. The topological polar surface area (TPSA) is 60.2 Å². The molecule has 162 valence electrons. The fraction of sp³-hybridized carbons (Fsp3) is 0.318. The standard InChI is InChI=1S/C22H22ClFN4O2S/c23-17-5-2-7-19(11-17)28-15-25-26-22(28)31-14-21(29)27(13-20-8-3-9-30-20)12-16-4-1-6-18(24)10-16/h1-2,4-7,10-11,15,20H,3,8-9,12-14H2. The van der Waals surface area contributed by atoms with Gasteiger partial charge in [-0.2, -0.15) is 0 Å². The third-order valence-electron chi connectivity index (χ3n) is 4.99. The maximum absolute atomic E-state index is 13.6. The van der Waals surface area contributed by atoms with Gasteiger partial charge in [-0.1, -0.05) is 41.6 Å². The Morgan fingerprint density at radius 2 is 2.16 bits per heavy atom. The molecule has 9 heteroatoms. The van der Waals surface area contributed by atoms with Crippen LogP contribution in [0, 0.1) is 5.82 Å². The van der Waals surface area contributed by atoms with E-state index >= 15 is 0 Å². The Kier molecular flexibility index (Phi) is 7.21. The second-order valence-electron chi connectivity index (χ2n) is 7.29. The summed E-state index contributed by atoms with van der Waals surface area (Å²) in [6, 6.07) is 13.7. The van der Waals surface area contributed by atoms with E-state index in [1.54, 1.807) is 27.9 Å². The minimum Gasteiger partial charge on any atom is -0.376 e. The summed E-state index contributed by atoms with van der Waals surface area (Å²) >= 11 is 7.39. The van der Waals surface area contributed by atoms with Crippen LogP contribution in [-0.2, 0) is 16.1 Å². The number of rotatable bonds is 8. The first kappa shape index (κ1) is 21.8. The summed E-state index contributed by atoms with van der Waals surface area (Å²) in [6.07, 6.45) is 3.51. The van der Waals surface area contributed by atoms with Crippen molar-refractivity contribution in [3.8, 4) is 5.69 Å². The number of aromatic nitrogens is 3. The third kappa shape index (κ3) is 5.84. The lowest BCUT2D eigenvalue weighted by molar-refractivity contribution is -0.130. The predicted molar refractivity (Wildman–Crippen MR) is 118 cm³/mol. The number of hydrogen-bond donors (Lipinski definition) is 0. The Hall–Kier alpha value is -2.42. The van der Waals surface area contributed by atoms with Crippen LogP contribution in [0.4, 0.5) is 4.39 Å². The fourth-order valence-corrected chi connectivity index (χ4v) is 4.50. The maximum atomic E-state index is 13.6. The van der Waals surface area contributed by atoms with Gasteiger partial charge in [0.05, 0.1) is 17.5 Å². The number of halogens is 2. The van der Waals surface area contributed by atoms with Crippen molar-refractivity contribution in [2.24, 2.45) is 0 Å². The molecule has 1 amide bonds. The van der Waals surface area contributed by atoms with E-state index in [0.29, 0.717) is 29.9 Å². The van der Waals surface area contributed by atoms with E-state index in [-0.39, 0.29) is 23.6 Å². The Labute approximate surface area is 189 Å². The van der Waals surface area contributed by atoms with Crippen LogP contribution >= 0.6 is 23.4 Å². The zero-order valence-electron chi connectivity index (χ0n) is 16.8. The average molecular weight is 461 g/mol.